The van der Waals surface area contributed by atoms with E-state index in [1.807, 2.05) is 0 Å². The number of anilines is 1. The number of aromatic nitrogens is 2. The number of carbonyl (C=O) groups excluding carboxylic acids is 1. The Morgan fingerprint density at radius 2 is 2.53 bits per heavy atom. The number of hydrogen-bond donors (Lipinski definition) is 2. The molecule has 0 aliphatic heterocycles. The van der Waals surface area contributed by atoms with Crippen LogP contribution in [0.5, 0.6) is 0 Å². The minimum absolute atomic E-state index is 0.222. The lowest BCUT2D eigenvalue weighted by atomic mass is 10.4. The summed E-state index contributed by atoms with van der Waals surface area (Å²) in [5, 5.41) is 8.39. The van der Waals surface area contributed by atoms with Gasteiger partial charge in [0.2, 0.25) is 0 Å². The standard InChI is InChI=1S/C8H8N4O2S/c9-3-5-4-15-8(10-5)11-7(13)6-1-2-14-12-6/h1-2,4H,3,9H2,(H,10,11,13). The van der Waals surface area contributed by atoms with Gasteiger partial charge in [0.05, 0.1) is 5.69 Å². The Morgan fingerprint density at radius 1 is 1.67 bits per heavy atom. The van der Waals surface area contributed by atoms with E-state index in [-0.39, 0.29) is 11.6 Å². The third-order valence-corrected chi connectivity index (χ3v) is 2.46. The molecule has 0 saturated carbocycles. The Balaban J connectivity index is 2.06. The molecule has 0 fully saturated rings. The molecule has 0 bridgehead atoms. The molecule has 7 heteroatoms. The highest BCUT2D eigenvalue weighted by Crippen LogP contribution is 2.15. The number of hydrogen-bond acceptors (Lipinski definition) is 6. The molecule has 2 aromatic heterocycles. The van der Waals surface area contributed by atoms with Crippen LogP contribution in [0.25, 0.3) is 0 Å². The molecule has 0 unspecified atom stereocenters. The van der Waals surface area contributed by atoms with Gasteiger partial charge < -0.3 is 10.3 Å². The van der Waals surface area contributed by atoms with Crippen LogP contribution in [-0.4, -0.2) is 16.0 Å². The molecule has 0 spiro atoms. The van der Waals surface area contributed by atoms with Crippen LogP contribution in [-0.2, 0) is 6.54 Å². The molecule has 0 atom stereocenters. The zero-order valence-corrected chi connectivity index (χ0v) is 8.45. The highest BCUT2D eigenvalue weighted by atomic mass is 32.1. The Labute approximate surface area is 89.1 Å². The highest BCUT2D eigenvalue weighted by molar-refractivity contribution is 7.13. The van der Waals surface area contributed by atoms with Crippen molar-refractivity contribution in [3.63, 3.8) is 0 Å². The first kappa shape index (κ1) is 9.81. The number of nitrogens with one attached hydrogen (secondary N) is 1. The molecule has 78 valence electrons. The van der Waals surface area contributed by atoms with Crippen molar-refractivity contribution in [2.45, 2.75) is 6.54 Å². The molecule has 0 aromatic carbocycles. The maximum absolute atomic E-state index is 11.5. The summed E-state index contributed by atoms with van der Waals surface area (Å²) in [5.74, 6) is -0.346. The van der Waals surface area contributed by atoms with Gasteiger partial charge >= 0.3 is 0 Å². The fourth-order valence-electron chi connectivity index (χ4n) is 0.949. The van der Waals surface area contributed by atoms with Crippen LogP contribution in [0, 0.1) is 0 Å². The van der Waals surface area contributed by atoms with Crippen molar-refractivity contribution >= 4 is 22.4 Å². The Bertz CT molecular complexity index is 451. The number of amides is 1. The van der Waals surface area contributed by atoms with Gasteiger partial charge in [-0.25, -0.2) is 4.98 Å². The van der Waals surface area contributed by atoms with Crippen molar-refractivity contribution in [3.05, 3.63) is 29.1 Å². The molecule has 2 aromatic rings. The minimum Gasteiger partial charge on any atom is -0.364 e. The molecule has 2 rings (SSSR count). The number of nitrogens with zero attached hydrogens (tertiary/aromatic N) is 2. The summed E-state index contributed by atoms with van der Waals surface area (Å²) >= 11 is 1.32. The smallest absolute Gasteiger partial charge is 0.279 e. The van der Waals surface area contributed by atoms with E-state index in [0.29, 0.717) is 11.7 Å². The highest BCUT2D eigenvalue weighted by Gasteiger charge is 2.10. The van der Waals surface area contributed by atoms with Crippen LogP contribution >= 0.6 is 11.3 Å². The third kappa shape index (κ3) is 2.20. The number of nitrogens with two attached hydrogens (primary N) is 1. The lowest BCUT2D eigenvalue weighted by molar-refractivity contribution is 0.101. The second-order valence-electron chi connectivity index (χ2n) is 2.69. The van der Waals surface area contributed by atoms with E-state index in [9.17, 15) is 4.79 Å². The van der Waals surface area contributed by atoms with Crippen LogP contribution in [0.3, 0.4) is 0 Å². The Morgan fingerprint density at radius 3 is 3.13 bits per heavy atom. The van der Waals surface area contributed by atoms with Crippen LogP contribution in [0.2, 0.25) is 0 Å². The van der Waals surface area contributed by atoms with E-state index >= 15 is 0 Å². The molecule has 15 heavy (non-hydrogen) atoms. The zero-order chi connectivity index (χ0) is 10.7. The van der Waals surface area contributed by atoms with Gasteiger partial charge in [0, 0.05) is 18.0 Å². The van der Waals surface area contributed by atoms with Crippen molar-refractivity contribution in [1.29, 1.82) is 0 Å². The normalized spacial score (nSPS) is 10.2. The molecule has 0 aliphatic carbocycles. The van der Waals surface area contributed by atoms with Crippen LogP contribution in [0.4, 0.5) is 5.13 Å². The van der Waals surface area contributed by atoms with E-state index in [0.717, 1.165) is 5.69 Å². The second kappa shape index (κ2) is 4.20. The van der Waals surface area contributed by atoms with Gasteiger partial charge in [-0.2, -0.15) is 0 Å². The van der Waals surface area contributed by atoms with E-state index in [1.165, 1.54) is 23.7 Å². The molecule has 3 N–H and O–H groups in total. The SMILES string of the molecule is NCc1csc(NC(=O)c2ccon2)n1. The topological polar surface area (TPSA) is 94.0 Å². The van der Waals surface area contributed by atoms with Gasteiger partial charge in [-0.05, 0) is 0 Å². The predicted octanol–water partition coefficient (Wildman–Crippen LogP) is 0.842. The lowest BCUT2D eigenvalue weighted by Gasteiger charge is -1.95. The monoisotopic (exact) mass is 224 g/mol. The fraction of sp³-hybridized carbons (Fsp3) is 0.125. The van der Waals surface area contributed by atoms with Gasteiger partial charge in [-0.3, -0.25) is 10.1 Å². The summed E-state index contributed by atoms with van der Waals surface area (Å²) < 4.78 is 4.55. The summed E-state index contributed by atoms with van der Waals surface area (Å²) in [4.78, 5) is 15.6. The van der Waals surface area contributed by atoms with E-state index in [2.05, 4.69) is 20.0 Å². The summed E-state index contributed by atoms with van der Waals surface area (Å²) in [6.45, 7) is 0.357. The van der Waals surface area contributed by atoms with Crippen molar-refractivity contribution < 1.29 is 9.32 Å². The first-order valence-corrected chi connectivity index (χ1v) is 5.04. The number of thiazole rings is 1. The van der Waals surface area contributed by atoms with E-state index < -0.39 is 0 Å². The molecule has 0 radical (unpaired) electrons. The van der Waals surface area contributed by atoms with Crippen LogP contribution < -0.4 is 11.1 Å². The molecule has 2 heterocycles. The quantitative estimate of drug-likeness (QED) is 0.805. The molecule has 0 saturated heterocycles. The van der Waals surface area contributed by atoms with Gasteiger partial charge in [0.1, 0.15) is 6.26 Å². The minimum atomic E-state index is -0.346. The second-order valence-corrected chi connectivity index (χ2v) is 3.55. The fourth-order valence-corrected chi connectivity index (χ4v) is 1.67. The molecular formula is C8H8N4O2S. The van der Waals surface area contributed by atoms with E-state index in [1.54, 1.807) is 5.38 Å². The van der Waals surface area contributed by atoms with Gasteiger partial charge in [-0.15, -0.1) is 11.3 Å². The average molecular weight is 224 g/mol. The largest absolute Gasteiger partial charge is 0.364 e. The van der Waals surface area contributed by atoms with Crippen molar-refractivity contribution in [2.75, 3.05) is 5.32 Å². The first-order valence-electron chi connectivity index (χ1n) is 4.16. The predicted molar refractivity (Wildman–Crippen MR) is 54.5 cm³/mol. The Kier molecular flexibility index (Phi) is 2.75. The number of rotatable bonds is 3. The van der Waals surface area contributed by atoms with Gasteiger partial charge in [-0.1, -0.05) is 5.16 Å². The summed E-state index contributed by atoms with van der Waals surface area (Å²) in [5.41, 5.74) is 6.36. The van der Waals surface area contributed by atoms with Crippen LogP contribution in [0.1, 0.15) is 16.2 Å². The summed E-state index contributed by atoms with van der Waals surface area (Å²) in [7, 11) is 0. The molecule has 6 nitrogen and oxygen atoms in total. The van der Waals surface area contributed by atoms with Crippen molar-refractivity contribution in [2.24, 2.45) is 5.73 Å². The van der Waals surface area contributed by atoms with E-state index in [4.69, 9.17) is 5.73 Å². The number of carbonyl (C=O) groups is 1. The maximum atomic E-state index is 11.5. The third-order valence-electron chi connectivity index (χ3n) is 1.65. The van der Waals surface area contributed by atoms with Crippen LogP contribution in [0.15, 0.2) is 22.2 Å². The zero-order valence-electron chi connectivity index (χ0n) is 7.64. The molecule has 0 aliphatic rings. The maximum Gasteiger partial charge on any atom is 0.279 e. The summed E-state index contributed by atoms with van der Waals surface area (Å²) in [6.07, 6.45) is 1.34. The summed E-state index contributed by atoms with van der Waals surface area (Å²) in [6, 6.07) is 1.48. The average Bonchev–Trinajstić information content (AvgIpc) is 2.87. The Hall–Kier alpha value is -1.73. The lowest BCUT2D eigenvalue weighted by Crippen LogP contribution is -2.12. The molecular weight excluding hydrogens is 216 g/mol. The van der Waals surface area contributed by atoms with Gasteiger partial charge in [0.15, 0.2) is 10.8 Å². The first-order chi connectivity index (χ1) is 7.29. The van der Waals surface area contributed by atoms with Crippen molar-refractivity contribution in [1.82, 2.24) is 10.1 Å². The molecule has 1 amide bonds. The van der Waals surface area contributed by atoms with Gasteiger partial charge in [0.25, 0.3) is 5.91 Å². The van der Waals surface area contributed by atoms with Crippen molar-refractivity contribution in [3.8, 4) is 0 Å².